The first-order valence-electron chi connectivity index (χ1n) is 6.94. The summed E-state index contributed by atoms with van der Waals surface area (Å²) in [5, 5.41) is 4.34. The second kappa shape index (κ2) is 5.99. The summed E-state index contributed by atoms with van der Waals surface area (Å²) in [6, 6.07) is 0.519. The maximum absolute atomic E-state index is 5.99. The highest BCUT2D eigenvalue weighted by atomic mass is 32.2. The zero-order valence-electron chi connectivity index (χ0n) is 12.2. The molecule has 2 atom stereocenters. The van der Waals surface area contributed by atoms with E-state index in [9.17, 15) is 0 Å². The Morgan fingerprint density at radius 2 is 2.05 bits per heavy atom. The molecular weight excluding hydrogens is 256 g/mol. The van der Waals surface area contributed by atoms with Crippen molar-refractivity contribution in [1.82, 2.24) is 9.97 Å². The third kappa shape index (κ3) is 3.32. The first kappa shape index (κ1) is 14.4. The van der Waals surface area contributed by atoms with E-state index in [1.807, 2.05) is 18.7 Å². The van der Waals surface area contributed by atoms with Crippen molar-refractivity contribution in [3.8, 4) is 0 Å². The van der Waals surface area contributed by atoms with Gasteiger partial charge in [-0.05, 0) is 32.4 Å². The molecule has 1 aromatic rings. The molecule has 1 aromatic heterocycles. The van der Waals surface area contributed by atoms with Crippen molar-refractivity contribution in [2.24, 2.45) is 0 Å². The minimum atomic E-state index is 0.297. The van der Waals surface area contributed by atoms with E-state index in [4.69, 9.17) is 5.73 Å². The number of nitrogen functional groups attached to an aromatic ring is 1. The van der Waals surface area contributed by atoms with Crippen LogP contribution in [0.4, 0.5) is 11.6 Å². The Kier molecular flexibility index (Phi) is 4.55. The van der Waals surface area contributed by atoms with E-state index in [0.717, 1.165) is 22.5 Å². The molecule has 0 bridgehead atoms. The van der Waals surface area contributed by atoms with E-state index in [1.54, 1.807) is 0 Å². The minimum Gasteiger partial charge on any atom is -0.383 e. The van der Waals surface area contributed by atoms with E-state index in [0.29, 0.717) is 17.8 Å². The normalized spacial score (nSPS) is 23.0. The molecule has 1 fully saturated rings. The summed E-state index contributed by atoms with van der Waals surface area (Å²) < 4.78 is 0. The summed E-state index contributed by atoms with van der Waals surface area (Å²) in [6.45, 7) is 6.17. The van der Waals surface area contributed by atoms with Gasteiger partial charge in [0.05, 0.1) is 0 Å². The highest BCUT2D eigenvalue weighted by molar-refractivity contribution is 7.99. The quantitative estimate of drug-likeness (QED) is 0.887. The third-order valence-electron chi connectivity index (χ3n) is 3.78. The smallest absolute Gasteiger partial charge is 0.135 e. The summed E-state index contributed by atoms with van der Waals surface area (Å²) in [7, 11) is 0. The zero-order valence-corrected chi connectivity index (χ0v) is 13.0. The molecule has 19 heavy (non-hydrogen) atoms. The summed E-state index contributed by atoms with van der Waals surface area (Å²) in [6.07, 6.45) is 5.90. The highest BCUT2D eigenvalue weighted by Gasteiger charge is 2.25. The highest BCUT2D eigenvalue weighted by Crippen LogP contribution is 2.31. The SMILES string of the molecule is CSC1CCC(Nc2nc(C(C)C)nc(N)c2C)C1. The van der Waals surface area contributed by atoms with Gasteiger partial charge in [0.15, 0.2) is 0 Å². The Morgan fingerprint density at radius 3 is 2.63 bits per heavy atom. The molecule has 1 aliphatic rings. The summed E-state index contributed by atoms with van der Waals surface area (Å²) in [4.78, 5) is 9.00. The molecule has 0 radical (unpaired) electrons. The topological polar surface area (TPSA) is 63.8 Å². The summed E-state index contributed by atoms with van der Waals surface area (Å²) >= 11 is 1.96. The number of thioether (sulfide) groups is 1. The molecule has 0 amide bonds. The van der Waals surface area contributed by atoms with Gasteiger partial charge < -0.3 is 11.1 Å². The predicted octanol–water partition coefficient (Wildman–Crippen LogP) is 3.19. The van der Waals surface area contributed by atoms with Crippen molar-refractivity contribution in [3.63, 3.8) is 0 Å². The van der Waals surface area contributed by atoms with Crippen molar-refractivity contribution in [1.29, 1.82) is 0 Å². The van der Waals surface area contributed by atoms with E-state index in [1.165, 1.54) is 19.3 Å². The van der Waals surface area contributed by atoms with Crippen molar-refractivity contribution in [3.05, 3.63) is 11.4 Å². The van der Waals surface area contributed by atoms with Crippen LogP contribution in [0.2, 0.25) is 0 Å². The summed E-state index contributed by atoms with van der Waals surface area (Å²) in [5.41, 5.74) is 6.96. The van der Waals surface area contributed by atoms with Gasteiger partial charge in [-0.1, -0.05) is 13.8 Å². The van der Waals surface area contributed by atoms with E-state index < -0.39 is 0 Å². The monoisotopic (exact) mass is 280 g/mol. The van der Waals surface area contributed by atoms with Crippen LogP contribution in [0.25, 0.3) is 0 Å². The van der Waals surface area contributed by atoms with Crippen LogP contribution in [-0.4, -0.2) is 27.5 Å². The van der Waals surface area contributed by atoms with Crippen LogP contribution < -0.4 is 11.1 Å². The van der Waals surface area contributed by atoms with Crippen molar-refractivity contribution < 1.29 is 0 Å². The number of rotatable bonds is 4. The fraction of sp³-hybridized carbons (Fsp3) is 0.714. The second-order valence-electron chi connectivity index (χ2n) is 5.61. The van der Waals surface area contributed by atoms with Gasteiger partial charge in [0.25, 0.3) is 0 Å². The lowest BCUT2D eigenvalue weighted by Crippen LogP contribution is -2.19. The molecule has 0 aliphatic heterocycles. The van der Waals surface area contributed by atoms with Gasteiger partial charge in [-0.25, -0.2) is 9.97 Å². The first-order chi connectivity index (χ1) is 9.01. The predicted molar refractivity (Wildman–Crippen MR) is 83.8 cm³/mol. The summed E-state index contributed by atoms with van der Waals surface area (Å²) in [5.74, 6) is 2.64. The van der Waals surface area contributed by atoms with Gasteiger partial charge in [-0.2, -0.15) is 11.8 Å². The van der Waals surface area contributed by atoms with Crippen LogP contribution in [0.15, 0.2) is 0 Å². The Labute approximate surface area is 120 Å². The molecule has 1 heterocycles. The molecule has 2 unspecified atom stereocenters. The first-order valence-corrected chi connectivity index (χ1v) is 8.23. The lowest BCUT2D eigenvalue weighted by molar-refractivity contribution is 0.734. The molecule has 1 saturated carbocycles. The molecule has 5 heteroatoms. The van der Waals surface area contributed by atoms with Crippen LogP contribution in [0, 0.1) is 6.92 Å². The Balaban J connectivity index is 2.15. The second-order valence-corrected chi connectivity index (χ2v) is 6.75. The number of nitrogens with one attached hydrogen (secondary N) is 1. The van der Waals surface area contributed by atoms with Gasteiger partial charge in [0.2, 0.25) is 0 Å². The number of hydrogen-bond donors (Lipinski definition) is 2. The van der Waals surface area contributed by atoms with Crippen molar-refractivity contribution in [2.75, 3.05) is 17.3 Å². The molecular formula is C14H24N4S. The van der Waals surface area contributed by atoms with Crippen LogP contribution in [0.1, 0.15) is 50.4 Å². The van der Waals surface area contributed by atoms with E-state index >= 15 is 0 Å². The molecule has 0 aromatic carbocycles. The number of hydrogen-bond acceptors (Lipinski definition) is 5. The van der Waals surface area contributed by atoms with Gasteiger partial charge >= 0.3 is 0 Å². The van der Waals surface area contributed by atoms with Gasteiger partial charge in [-0.3, -0.25) is 0 Å². The molecule has 0 spiro atoms. The average Bonchev–Trinajstić information content (AvgIpc) is 2.82. The van der Waals surface area contributed by atoms with Crippen LogP contribution in [-0.2, 0) is 0 Å². The fourth-order valence-electron chi connectivity index (χ4n) is 2.43. The van der Waals surface area contributed by atoms with Gasteiger partial charge in [-0.15, -0.1) is 0 Å². The lowest BCUT2D eigenvalue weighted by atomic mass is 10.2. The minimum absolute atomic E-state index is 0.297. The van der Waals surface area contributed by atoms with Crippen molar-refractivity contribution >= 4 is 23.4 Å². The van der Waals surface area contributed by atoms with Crippen LogP contribution in [0.5, 0.6) is 0 Å². The van der Waals surface area contributed by atoms with E-state index in [2.05, 4.69) is 35.4 Å². The maximum Gasteiger partial charge on any atom is 0.135 e. The standard InChI is InChI=1S/C14H24N4S/c1-8(2)13-17-12(15)9(3)14(18-13)16-10-5-6-11(7-10)19-4/h8,10-11H,5-7H2,1-4H3,(H3,15,16,17,18). The zero-order chi connectivity index (χ0) is 14.0. The molecule has 3 N–H and O–H groups in total. The largest absolute Gasteiger partial charge is 0.383 e. The molecule has 2 rings (SSSR count). The lowest BCUT2D eigenvalue weighted by Gasteiger charge is -2.17. The number of nitrogens with zero attached hydrogens (tertiary/aromatic N) is 2. The van der Waals surface area contributed by atoms with Crippen LogP contribution in [0.3, 0.4) is 0 Å². The molecule has 106 valence electrons. The van der Waals surface area contributed by atoms with E-state index in [-0.39, 0.29) is 0 Å². The average molecular weight is 280 g/mol. The maximum atomic E-state index is 5.99. The van der Waals surface area contributed by atoms with Gasteiger partial charge in [0, 0.05) is 22.8 Å². The number of nitrogens with two attached hydrogens (primary N) is 1. The van der Waals surface area contributed by atoms with Crippen LogP contribution >= 0.6 is 11.8 Å². The Hall–Kier alpha value is -0.970. The Morgan fingerprint density at radius 1 is 1.32 bits per heavy atom. The number of aromatic nitrogens is 2. The third-order valence-corrected chi connectivity index (χ3v) is 4.87. The molecule has 0 saturated heterocycles. The molecule has 4 nitrogen and oxygen atoms in total. The number of anilines is 2. The van der Waals surface area contributed by atoms with Crippen molar-refractivity contribution in [2.45, 2.75) is 57.2 Å². The fourth-order valence-corrected chi connectivity index (χ4v) is 3.23. The van der Waals surface area contributed by atoms with Gasteiger partial charge in [0.1, 0.15) is 17.5 Å². The molecule has 1 aliphatic carbocycles. The Bertz CT molecular complexity index is 447.